The summed E-state index contributed by atoms with van der Waals surface area (Å²) >= 11 is 6.25. The number of hydrogen-bond donors (Lipinski definition) is 2. The summed E-state index contributed by atoms with van der Waals surface area (Å²) in [5.41, 5.74) is 11.1. The molecule has 0 radical (unpaired) electrons. The smallest absolute Gasteiger partial charge is 0.257 e. The van der Waals surface area contributed by atoms with Gasteiger partial charge < -0.3 is 20.4 Å². The van der Waals surface area contributed by atoms with Crippen LogP contribution in [0.4, 0.5) is 5.82 Å². The van der Waals surface area contributed by atoms with E-state index in [1.54, 1.807) is 13.2 Å². The van der Waals surface area contributed by atoms with E-state index in [0.717, 1.165) is 22.4 Å². The number of aromatic nitrogens is 3. The number of fused-ring (bicyclic) bond motifs is 2. The van der Waals surface area contributed by atoms with E-state index in [4.69, 9.17) is 32.0 Å². The molecule has 0 spiro atoms. The minimum atomic E-state index is -0.333. The van der Waals surface area contributed by atoms with Crippen LogP contribution in [0.25, 0.3) is 22.2 Å². The molecule has 0 fully saturated rings. The number of anilines is 1. The number of benzene rings is 3. The van der Waals surface area contributed by atoms with Crippen LogP contribution in [-0.4, -0.2) is 27.6 Å². The summed E-state index contributed by atoms with van der Waals surface area (Å²) in [7, 11) is 1.63. The number of hydrogen-bond acceptors (Lipinski definition) is 5. The van der Waals surface area contributed by atoms with E-state index >= 15 is 0 Å². The first-order chi connectivity index (χ1) is 16.5. The maximum absolute atomic E-state index is 13.3. The molecule has 0 aliphatic heterocycles. The molecule has 3 N–H and O–H groups in total. The normalized spacial score (nSPS) is 11.1. The number of para-hydroxylation sites is 2. The van der Waals surface area contributed by atoms with E-state index in [1.807, 2.05) is 71.3 Å². The number of nitrogens with zero attached hydrogens (tertiary/aromatic N) is 3. The number of halogens is 1. The zero-order valence-electron chi connectivity index (χ0n) is 18.5. The first kappa shape index (κ1) is 21.7. The van der Waals surface area contributed by atoms with Crippen LogP contribution in [0.15, 0.2) is 72.8 Å². The zero-order valence-corrected chi connectivity index (χ0v) is 19.2. The summed E-state index contributed by atoms with van der Waals surface area (Å²) in [5.74, 6) is 0.734. The van der Waals surface area contributed by atoms with Gasteiger partial charge in [-0.1, -0.05) is 54.1 Å². The van der Waals surface area contributed by atoms with Crippen molar-refractivity contribution in [2.24, 2.45) is 0 Å². The highest BCUT2D eigenvalue weighted by Gasteiger charge is 2.24. The fourth-order valence-electron chi connectivity index (χ4n) is 3.92. The second kappa shape index (κ2) is 9.03. The summed E-state index contributed by atoms with van der Waals surface area (Å²) in [6.45, 7) is 0.696. The van der Waals surface area contributed by atoms with Gasteiger partial charge in [-0.2, -0.15) is 0 Å². The number of rotatable bonds is 6. The molecule has 0 aliphatic rings. The highest BCUT2D eigenvalue weighted by Crippen LogP contribution is 2.29. The molecule has 0 unspecified atom stereocenters. The predicted molar refractivity (Wildman–Crippen MR) is 134 cm³/mol. The Morgan fingerprint density at radius 1 is 1.00 bits per heavy atom. The van der Waals surface area contributed by atoms with Crippen LogP contribution < -0.4 is 15.8 Å². The second-order valence-corrected chi connectivity index (χ2v) is 8.26. The maximum atomic E-state index is 13.3. The molecule has 0 saturated heterocycles. The molecule has 0 aliphatic carbocycles. The lowest BCUT2D eigenvalue weighted by Gasteiger charge is -2.09. The van der Waals surface area contributed by atoms with Crippen molar-refractivity contribution in [2.45, 2.75) is 13.1 Å². The number of amides is 1. The SMILES string of the molecule is COc1ccc(Cn2c(N)c(C(=O)NCc3ccccc3Cl)c3nc4ccccc4nc32)cc1. The van der Waals surface area contributed by atoms with Crippen LogP contribution in [0, 0.1) is 0 Å². The topological polar surface area (TPSA) is 95.1 Å². The van der Waals surface area contributed by atoms with Crippen LogP contribution >= 0.6 is 11.6 Å². The first-order valence-electron chi connectivity index (χ1n) is 10.7. The number of nitrogens with two attached hydrogens (primary N) is 1. The van der Waals surface area contributed by atoms with Crippen molar-refractivity contribution in [2.75, 3.05) is 12.8 Å². The molecule has 0 bridgehead atoms. The number of methoxy groups -OCH3 is 1. The maximum Gasteiger partial charge on any atom is 0.257 e. The summed E-state index contributed by atoms with van der Waals surface area (Å²) in [6.07, 6.45) is 0. The molecule has 5 aromatic rings. The van der Waals surface area contributed by atoms with Crippen molar-refractivity contribution in [3.05, 3.63) is 94.5 Å². The Morgan fingerprint density at radius 3 is 2.38 bits per heavy atom. The largest absolute Gasteiger partial charge is 0.497 e. The first-order valence-corrected chi connectivity index (χ1v) is 11.1. The highest BCUT2D eigenvalue weighted by molar-refractivity contribution is 6.31. The highest BCUT2D eigenvalue weighted by atomic mass is 35.5. The van der Waals surface area contributed by atoms with E-state index < -0.39 is 0 Å². The molecule has 3 aromatic carbocycles. The van der Waals surface area contributed by atoms with Gasteiger partial charge in [0.2, 0.25) is 0 Å². The number of carbonyl (C=O) groups is 1. The van der Waals surface area contributed by atoms with E-state index in [2.05, 4.69) is 5.32 Å². The van der Waals surface area contributed by atoms with Crippen LogP contribution in [0.2, 0.25) is 5.02 Å². The van der Waals surface area contributed by atoms with Gasteiger partial charge in [0.15, 0.2) is 5.65 Å². The van der Waals surface area contributed by atoms with Crippen molar-refractivity contribution in [3.63, 3.8) is 0 Å². The Hall–Kier alpha value is -4.10. The Labute approximate surface area is 201 Å². The van der Waals surface area contributed by atoms with Crippen molar-refractivity contribution < 1.29 is 9.53 Å². The lowest BCUT2D eigenvalue weighted by molar-refractivity contribution is 0.0953. The van der Waals surface area contributed by atoms with E-state index in [9.17, 15) is 4.79 Å². The second-order valence-electron chi connectivity index (χ2n) is 7.85. The fraction of sp³-hybridized carbons (Fsp3) is 0.115. The van der Waals surface area contributed by atoms with Crippen LogP contribution in [-0.2, 0) is 13.1 Å². The molecular weight excluding hydrogens is 450 g/mol. The molecule has 1 amide bonds. The summed E-state index contributed by atoms with van der Waals surface area (Å²) in [6, 6.07) is 22.6. The summed E-state index contributed by atoms with van der Waals surface area (Å²) in [5, 5.41) is 3.51. The zero-order chi connectivity index (χ0) is 23.7. The average Bonchev–Trinajstić information content (AvgIpc) is 3.12. The third kappa shape index (κ3) is 4.02. The van der Waals surface area contributed by atoms with Gasteiger partial charge in [-0.05, 0) is 41.5 Å². The van der Waals surface area contributed by atoms with Crippen molar-refractivity contribution >= 4 is 45.5 Å². The molecule has 0 atom stereocenters. The Kier molecular flexibility index (Phi) is 5.77. The Bertz CT molecular complexity index is 1510. The lowest BCUT2D eigenvalue weighted by atomic mass is 10.2. The minimum Gasteiger partial charge on any atom is -0.497 e. The van der Waals surface area contributed by atoms with E-state index in [1.165, 1.54) is 0 Å². The number of ether oxygens (including phenoxy) is 1. The molecule has 2 heterocycles. The van der Waals surface area contributed by atoms with Gasteiger partial charge in [-0.3, -0.25) is 4.79 Å². The quantitative estimate of drug-likeness (QED) is 0.370. The van der Waals surface area contributed by atoms with Gasteiger partial charge in [0.1, 0.15) is 22.6 Å². The van der Waals surface area contributed by atoms with E-state index in [0.29, 0.717) is 39.6 Å². The molecule has 2 aromatic heterocycles. The monoisotopic (exact) mass is 471 g/mol. The minimum absolute atomic E-state index is 0.268. The third-order valence-electron chi connectivity index (χ3n) is 5.72. The van der Waals surface area contributed by atoms with Gasteiger partial charge in [-0.15, -0.1) is 0 Å². The van der Waals surface area contributed by atoms with Gasteiger partial charge in [-0.25, -0.2) is 9.97 Å². The molecular formula is C26H22ClN5O2. The summed E-state index contributed by atoms with van der Waals surface area (Å²) in [4.78, 5) is 22.9. The van der Waals surface area contributed by atoms with Crippen molar-refractivity contribution in [1.29, 1.82) is 0 Å². The molecule has 8 heteroatoms. The van der Waals surface area contributed by atoms with Crippen LogP contribution in [0.1, 0.15) is 21.5 Å². The standard InChI is InChI=1S/C26H22ClN5O2/c1-34-18-12-10-16(11-13-18)15-32-24(28)22(26(33)29-14-17-6-2-3-7-19(17)27)23-25(32)31-21-9-5-4-8-20(21)30-23/h2-13H,14-15,28H2,1H3,(H,29,33). The molecule has 5 rings (SSSR count). The third-order valence-corrected chi connectivity index (χ3v) is 6.08. The molecule has 34 heavy (non-hydrogen) atoms. The molecule has 170 valence electrons. The Balaban J connectivity index is 1.58. The van der Waals surface area contributed by atoms with Crippen LogP contribution in [0.3, 0.4) is 0 Å². The summed E-state index contributed by atoms with van der Waals surface area (Å²) < 4.78 is 7.07. The number of nitrogens with one attached hydrogen (secondary N) is 1. The van der Waals surface area contributed by atoms with Crippen LogP contribution in [0.5, 0.6) is 5.75 Å². The fourth-order valence-corrected chi connectivity index (χ4v) is 4.12. The molecule has 7 nitrogen and oxygen atoms in total. The lowest BCUT2D eigenvalue weighted by Crippen LogP contribution is -2.24. The van der Waals surface area contributed by atoms with Gasteiger partial charge in [0, 0.05) is 11.6 Å². The molecule has 0 saturated carbocycles. The Morgan fingerprint density at radius 2 is 1.68 bits per heavy atom. The van der Waals surface area contributed by atoms with Gasteiger partial charge in [0.05, 0.1) is 24.7 Å². The average molecular weight is 472 g/mol. The van der Waals surface area contributed by atoms with Crippen molar-refractivity contribution in [3.8, 4) is 5.75 Å². The number of carbonyl (C=O) groups excluding carboxylic acids is 1. The number of nitrogen functional groups attached to an aromatic ring is 1. The predicted octanol–water partition coefficient (Wildman–Crippen LogP) is 4.81. The van der Waals surface area contributed by atoms with Crippen molar-refractivity contribution in [1.82, 2.24) is 19.9 Å². The van der Waals surface area contributed by atoms with Gasteiger partial charge in [0.25, 0.3) is 5.91 Å². The van der Waals surface area contributed by atoms with Gasteiger partial charge >= 0.3 is 0 Å². The van der Waals surface area contributed by atoms with E-state index in [-0.39, 0.29) is 12.5 Å².